The highest BCUT2D eigenvalue weighted by Crippen LogP contribution is 2.67. The third-order valence-corrected chi connectivity index (χ3v) is 8.83. The van der Waals surface area contributed by atoms with E-state index in [9.17, 15) is 9.90 Å². The fourth-order valence-corrected chi connectivity index (χ4v) is 7.14. The monoisotopic (exact) mass is 316 g/mol. The zero-order valence-corrected chi connectivity index (χ0v) is 15.2. The number of carbonyl (C=O) groups excluding carboxylic acids is 1. The van der Waals surface area contributed by atoms with Crippen molar-refractivity contribution in [2.75, 3.05) is 0 Å². The van der Waals surface area contributed by atoms with Gasteiger partial charge in [0.2, 0.25) is 0 Å². The van der Waals surface area contributed by atoms with E-state index in [1.807, 2.05) is 6.08 Å². The fraction of sp³-hybridized carbons (Fsp3) is 0.857. The molecule has 7 atom stereocenters. The van der Waals surface area contributed by atoms with E-state index >= 15 is 0 Å². The van der Waals surface area contributed by atoms with Crippen LogP contribution in [0.25, 0.3) is 0 Å². The van der Waals surface area contributed by atoms with Crippen LogP contribution in [0.2, 0.25) is 0 Å². The van der Waals surface area contributed by atoms with Crippen molar-refractivity contribution < 1.29 is 9.90 Å². The lowest BCUT2D eigenvalue weighted by Gasteiger charge is -2.59. The summed E-state index contributed by atoms with van der Waals surface area (Å²) in [6, 6.07) is 0. The molecule has 0 radical (unpaired) electrons. The predicted octanol–water partition coefficient (Wildman–Crippen LogP) is 4.52. The zero-order chi connectivity index (χ0) is 16.6. The van der Waals surface area contributed by atoms with Crippen LogP contribution in [-0.4, -0.2) is 16.5 Å². The highest BCUT2D eigenvalue weighted by Gasteiger charge is 2.62. The maximum atomic E-state index is 12.2. The van der Waals surface area contributed by atoms with Gasteiger partial charge in [0, 0.05) is 5.92 Å². The molecule has 2 nitrogen and oxygen atoms in total. The van der Waals surface area contributed by atoms with Gasteiger partial charge in [0.25, 0.3) is 0 Å². The van der Waals surface area contributed by atoms with Crippen molar-refractivity contribution in [1.29, 1.82) is 0 Å². The van der Waals surface area contributed by atoms with Gasteiger partial charge in [0.1, 0.15) is 0 Å². The van der Waals surface area contributed by atoms with Crippen LogP contribution in [0.5, 0.6) is 0 Å². The average Bonchev–Trinajstić information content (AvgIpc) is 2.71. The SMILES string of the molecule is C[C@H]1C[C@@]2(C)C(=CC1=O)CC[C@@H]1[C@@H]2CC[C@@]2(C)[C@H]1CC[C@@]2(C)O. The number of hydrogen-bond acceptors (Lipinski definition) is 2. The van der Waals surface area contributed by atoms with Gasteiger partial charge in [-0.05, 0) is 86.5 Å². The maximum Gasteiger partial charge on any atom is 0.158 e. The minimum atomic E-state index is -0.491. The molecule has 0 heterocycles. The molecule has 3 saturated carbocycles. The van der Waals surface area contributed by atoms with Gasteiger partial charge >= 0.3 is 0 Å². The van der Waals surface area contributed by atoms with Gasteiger partial charge in [-0.25, -0.2) is 0 Å². The van der Waals surface area contributed by atoms with Crippen molar-refractivity contribution in [3.05, 3.63) is 11.6 Å². The molecular weight excluding hydrogens is 284 g/mol. The smallest absolute Gasteiger partial charge is 0.158 e. The van der Waals surface area contributed by atoms with Gasteiger partial charge in [0.15, 0.2) is 5.78 Å². The summed E-state index contributed by atoms with van der Waals surface area (Å²) in [6.07, 6.45) is 9.90. The Morgan fingerprint density at radius 2 is 1.78 bits per heavy atom. The van der Waals surface area contributed by atoms with E-state index in [0.717, 1.165) is 31.6 Å². The van der Waals surface area contributed by atoms with Gasteiger partial charge in [-0.2, -0.15) is 0 Å². The second-order valence-corrected chi connectivity index (χ2v) is 9.78. The molecule has 0 aromatic heterocycles. The lowest BCUT2D eigenvalue weighted by molar-refractivity contribution is -0.128. The molecule has 0 aromatic carbocycles. The van der Waals surface area contributed by atoms with Gasteiger partial charge in [-0.3, -0.25) is 4.79 Å². The Morgan fingerprint density at radius 1 is 1.09 bits per heavy atom. The lowest BCUT2D eigenvalue weighted by atomic mass is 9.46. The first-order valence-corrected chi connectivity index (χ1v) is 9.66. The summed E-state index contributed by atoms with van der Waals surface area (Å²) >= 11 is 0. The molecule has 0 aromatic rings. The van der Waals surface area contributed by atoms with Crippen molar-refractivity contribution in [2.24, 2.45) is 34.5 Å². The number of rotatable bonds is 0. The van der Waals surface area contributed by atoms with Crippen LogP contribution in [0, 0.1) is 34.5 Å². The van der Waals surface area contributed by atoms with E-state index in [4.69, 9.17) is 0 Å². The largest absolute Gasteiger partial charge is 0.390 e. The average molecular weight is 316 g/mol. The molecule has 128 valence electrons. The van der Waals surface area contributed by atoms with Crippen LogP contribution in [0.1, 0.15) is 72.6 Å². The first kappa shape index (κ1) is 15.9. The topological polar surface area (TPSA) is 37.3 Å². The number of allylic oxidation sites excluding steroid dienone is 1. The highest BCUT2D eigenvalue weighted by atomic mass is 16.3. The van der Waals surface area contributed by atoms with Crippen LogP contribution in [0.15, 0.2) is 11.6 Å². The minimum Gasteiger partial charge on any atom is -0.390 e. The van der Waals surface area contributed by atoms with Crippen LogP contribution >= 0.6 is 0 Å². The van der Waals surface area contributed by atoms with E-state index < -0.39 is 5.60 Å². The van der Waals surface area contributed by atoms with E-state index in [0.29, 0.717) is 17.6 Å². The Kier molecular flexibility index (Phi) is 3.25. The van der Waals surface area contributed by atoms with Crippen LogP contribution in [-0.2, 0) is 4.79 Å². The highest BCUT2D eigenvalue weighted by molar-refractivity contribution is 5.93. The Bertz CT molecular complexity index is 574. The predicted molar refractivity (Wildman–Crippen MR) is 91.9 cm³/mol. The normalized spacial score (nSPS) is 55.7. The molecule has 0 aliphatic heterocycles. The van der Waals surface area contributed by atoms with Crippen LogP contribution < -0.4 is 0 Å². The summed E-state index contributed by atoms with van der Waals surface area (Å²) in [5, 5.41) is 11.0. The van der Waals surface area contributed by atoms with Gasteiger partial charge in [0.05, 0.1) is 5.60 Å². The van der Waals surface area contributed by atoms with Gasteiger partial charge < -0.3 is 5.11 Å². The lowest BCUT2D eigenvalue weighted by Crippen LogP contribution is -2.54. The Hall–Kier alpha value is -0.630. The molecule has 2 heteroatoms. The molecule has 4 rings (SSSR count). The number of aliphatic hydroxyl groups is 1. The second kappa shape index (κ2) is 4.71. The van der Waals surface area contributed by atoms with E-state index in [-0.39, 0.29) is 16.7 Å². The summed E-state index contributed by atoms with van der Waals surface area (Å²) in [5.41, 5.74) is 1.28. The van der Waals surface area contributed by atoms with E-state index in [1.54, 1.807) is 0 Å². The van der Waals surface area contributed by atoms with Crippen molar-refractivity contribution in [2.45, 2.75) is 78.2 Å². The number of fused-ring (bicyclic) bond motifs is 5. The Labute approximate surface area is 140 Å². The van der Waals surface area contributed by atoms with Crippen molar-refractivity contribution in [3.63, 3.8) is 0 Å². The number of carbonyl (C=O) groups is 1. The molecular formula is C21H32O2. The molecule has 0 unspecified atom stereocenters. The fourth-order valence-electron chi connectivity index (χ4n) is 7.14. The Morgan fingerprint density at radius 3 is 2.52 bits per heavy atom. The molecule has 4 aliphatic carbocycles. The standard InChI is InChI=1S/C21H32O2/c1-13-12-19(2)14(11-18(13)22)5-6-15-16(19)7-9-20(3)17(15)8-10-21(20,4)23/h11,13,15-17,23H,5-10,12H2,1-4H3/t13-,15+,16-,17-,19-,20-,21+/m0/s1. The molecule has 23 heavy (non-hydrogen) atoms. The van der Waals surface area contributed by atoms with Gasteiger partial charge in [-0.15, -0.1) is 0 Å². The molecule has 1 N–H and O–H groups in total. The third kappa shape index (κ3) is 1.94. The quantitative estimate of drug-likeness (QED) is 0.713. The molecule has 0 spiro atoms. The number of ketones is 1. The summed E-state index contributed by atoms with van der Waals surface area (Å²) in [5.74, 6) is 2.65. The molecule has 0 amide bonds. The van der Waals surface area contributed by atoms with E-state index in [1.165, 1.54) is 24.8 Å². The first-order valence-electron chi connectivity index (χ1n) is 9.66. The van der Waals surface area contributed by atoms with Gasteiger partial charge in [-0.1, -0.05) is 26.3 Å². The molecule has 0 saturated heterocycles. The second-order valence-electron chi connectivity index (χ2n) is 9.78. The zero-order valence-electron chi connectivity index (χ0n) is 15.2. The molecule has 4 aliphatic rings. The summed E-state index contributed by atoms with van der Waals surface area (Å²) < 4.78 is 0. The number of hydrogen-bond donors (Lipinski definition) is 1. The van der Waals surface area contributed by atoms with E-state index in [2.05, 4.69) is 27.7 Å². The molecule has 0 bridgehead atoms. The van der Waals surface area contributed by atoms with Crippen LogP contribution in [0.3, 0.4) is 0 Å². The van der Waals surface area contributed by atoms with Crippen molar-refractivity contribution in [1.82, 2.24) is 0 Å². The van der Waals surface area contributed by atoms with Crippen molar-refractivity contribution >= 4 is 5.78 Å². The summed E-state index contributed by atoms with van der Waals surface area (Å²) in [7, 11) is 0. The first-order chi connectivity index (χ1) is 10.7. The Balaban J connectivity index is 1.70. The van der Waals surface area contributed by atoms with Crippen molar-refractivity contribution in [3.8, 4) is 0 Å². The maximum absolute atomic E-state index is 12.2. The summed E-state index contributed by atoms with van der Waals surface area (Å²) in [4.78, 5) is 12.2. The van der Waals surface area contributed by atoms with Crippen LogP contribution in [0.4, 0.5) is 0 Å². The molecule has 3 fully saturated rings. The summed E-state index contributed by atoms with van der Waals surface area (Å²) in [6.45, 7) is 8.97. The third-order valence-electron chi connectivity index (χ3n) is 8.83. The minimum absolute atomic E-state index is 0.0991.